The van der Waals surface area contributed by atoms with Gasteiger partial charge < -0.3 is 39.0 Å². The number of nitrogens with one attached hydrogen (secondary N) is 1. The Kier molecular flexibility index (Phi) is 14.7. The number of aromatic nitrogens is 1. The summed E-state index contributed by atoms with van der Waals surface area (Å²) < 4.78 is 48.6. The van der Waals surface area contributed by atoms with Gasteiger partial charge in [0.15, 0.2) is 12.1 Å². The van der Waals surface area contributed by atoms with Crippen molar-refractivity contribution in [3.8, 4) is 0 Å². The number of benzene rings is 1. The molecule has 3 saturated heterocycles. The zero-order valence-corrected chi connectivity index (χ0v) is 36.1. The fourth-order valence-corrected chi connectivity index (χ4v) is 9.62. The number of pyridine rings is 1. The SMILES string of the molecule is C=C1CO[C@]2(C)C(CC)OC(=O)C(C)(F)C(=O)[C@H](C)[C@@H](O[C@H]3O[C@@H](C)CC(N(C)C)[C@@H]3O)C(C)(OCCNCCc3cnc4ccccc4c3)CC(C)C(=O)C(C)C12. The number of ether oxygens (including phenoxy) is 5. The van der Waals surface area contributed by atoms with Crippen LogP contribution in [0.5, 0.6) is 0 Å². The molecule has 0 saturated carbocycles. The Bertz CT molecular complexity index is 1790. The summed E-state index contributed by atoms with van der Waals surface area (Å²) in [5.41, 5.74) is -3.05. The highest BCUT2D eigenvalue weighted by Gasteiger charge is 2.58. The first kappa shape index (κ1) is 45.9. The van der Waals surface area contributed by atoms with Gasteiger partial charge in [-0.25, -0.2) is 9.18 Å². The largest absolute Gasteiger partial charge is 0.457 e. The van der Waals surface area contributed by atoms with E-state index in [4.69, 9.17) is 23.7 Å². The first-order valence-electron chi connectivity index (χ1n) is 20.9. The Labute approximate surface area is 343 Å². The average molecular weight is 812 g/mol. The van der Waals surface area contributed by atoms with Gasteiger partial charge in [0.2, 0.25) is 0 Å². The molecule has 0 spiro atoms. The molecule has 13 atom stereocenters. The van der Waals surface area contributed by atoms with Gasteiger partial charge in [-0.2, -0.15) is 0 Å². The summed E-state index contributed by atoms with van der Waals surface area (Å²) in [6.07, 6.45) is -1.55. The zero-order chi connectivity index (χ0) is 42.7. The van der Waals surface area contributed by atoms with Gasteiger partial charge in [0, 0.05) is 47.8 Å². The lowest BCUT2D eigenvalue weighted by Crippen LogP contribution is -2.61. The number of fused-ring (bicyclic) bond motifs is 2. The van der Waals surface area contributed by atoms with Crippen LogP contribution in [0.4, 0.5) is 4.39 Å². The van der Waals surface area contributed by atoms with Crippen LogP contribution in [-0.4, -0.2) is 127 Å². The van der Waals surface area contributed by atoms with Gasteiger partial charge in [-0.05, 0) is 97.3 Å². The predicted molar refractivity (Wildman–Crippen MR) is 219 cm³/mol. The normalized spacial score (nSPS) is 38.2. The van der Waals surface area contributed by atoms with Crippen molar-refractivity contribution in [1.29, 1.82) is 0 Å². The molecular weight excluding hydrogens is 746 g/mol. The van der Waals surface area contributed by atoms with Crippen molar-refractivity contribution in [2.24, 2.45) is 23.7 Å². The van der Waals surface area contributed by atoms with Crippen LogP contribution in [0.3, 0.4) is 0 Å². The van der Waals surface area contributed by atoms with Crippen molar-refractivity contribution in [3.63, 3.8) is 0 Å². The maximum atomic E-state index is 16.9. The lowest BCUT2D eigenvalue weighted by molar-refractivity contribution is -0.297. The summed E-state index contributed by atoms with van der Waals surface area (Å²) >= 11 is 0. The first-order chi connectivity index (χ1) is 27.2. The summed E-state index contributed by atoms with van der Waals surface area (Å²) in [5, 5.41) is 16.1. The summed E-state index contributed by atoms with van der Waals surface area (Å²) in [5.74, 6) is -5.69. The molecule has 3 aliphatic heterocycles. The highest BCUT2D eigenvalue weighted by Crippen LogP contribution is 2.47. The standard InChI is InChI=1S/C45H66FN3O9/c1-12-35-45(9)36(27(3)25-55-45)29(5)37(50)26(2)23-43(7,54-20-19-47-18-17-31-22-32-15-13-14-16-33(32)48-24-31)40(30(6)39(52)44(8,46)42(53)57-35)58-41-38(51)34(49(10)11)21-28(4)56-41/h13-16,22,24,26,28-30,34-36,38,40-41,47,51H,3,12,17-21,23,25H2,1-2,4-11H3/t26?,28-,29?,30-,34?,35?,36?,38-,40+,41+,43?,44?,45+/m0/s1. The number of carbonyl (C=O) groups is 3. The minimum absolute atomic E-state index is 0.0676. The van der Waals surface area contributed by atoms with Gasteiger partial charge in [-0.3, -0.25) is 14.6 Å². The van der Waals surface area contributed by atoms with Crippen molar-refractivity contribution < 1.29 is 47.6 Å². The molecule has 58 heavy (non-hydrogen) atoms. The van der Waals surface area contributed by atoms with Crippen LogP contribution >= 0.6 is 0 Å². The molecule has 12 nitrogen and oxygen atoms in total. The Morgan fingerprint density at radius 3 is 2.47 bits per heavy atom. The molecule has 3 fully saturated rings. The molecule has 322 valence electrons. The number of halogens is 1. The fourth-order valence-electron chi connectivity index (χ4n) is 9.62. The van der Waals surface area contributed by atoms with E-state index in [2.05, 4.69) is 22.9 Å². The third-order valence-corrected chi connectivity index (χ3v) is 12.9. The molecule has 4 heterocycles. The number of likely N-dealkylation sites (N-methyl/N-ethyl adjacent to an activating group) is 1. The summed E-state index contributed by atoms with van der Waals surface area (Å²) in [4.78, 5) is 49.3. The number of para-hydroxylation sites is 1. The van der Waals surface area contributed by atoms with Crippen LogP contribution in [-0.2, 0) is 44.5 Å². The average Bonchev–Trinajstić information content (AvgIpc) is 3.49. The second-order valence-corrected chi connectivity index (χ2v) is 17.7. The molecule has 13 heteroatoms. The van der Waals surface area contributed by atoms with E-state index in [1.807, 2.05) is 70.2 Å². The highest BCUT2D eigenvalue weighted by molar-refractivity contribution is 6.07. The van der Waals surface area contributed by atoms with Crippen LogP contribution in [0.15, 0.2) is 48.7 Å². The number of carbonyl (C=O) groups excluding carboxylic acids is 3. The number of aliphatic hydroxyl groups excluding tert-OH is 1. The zero-order valence-electron chi connectivity index (χ0n) is 36.1. The Morgan fingerprint density at radius 1 is 1.07 bits per heavy atom. The van der Waals surface area contributed by atoms with E-state index in [1.54, 1.807) is 20.8 Å². The molecule has 5 rings (SSSR count). The van der Waals surface area contributed by atoms with E-state index in [1.165, 1.54) is 6.92 Å². The van der Waals surface area contributed by atoms with Crippen molar-refractivity contribution in [3.05, 3.63) is 54.2 Å². The Hall–Kier alpha value is -3.17. The maximum absolute atomic E-state index is 16.9. The molecule has 0 bridgehead atoms. The molecule has 0 aliphatic carbocycles. The third-order valence-electron chi connectivity index (χ3n) is 12.9. The van der Waals surface area contributed by atoms with Gasteiger partial charge in [0.1, 0.15) is 23.6 Å². The van der Waals surface area contributed by atoms with E-state index in [9.17, 15) is 19.5 Å². The van der Waals surface area contributed by atoms with Gasteiger partial charge in [0.25, 0.3) is 5.67 Å². The smallest absolute Gasteiger partial charge is 0.351 e. The van der Waals surface area contributed by atoms with Crippen molar-refractivity contribution in [1.82, 2.24) is 15.2 Å². The fraction of sp³-hybridized carbons (Fsp3) is 0.689. The number of hydrogen-bond acceptors (Lipinski definition) is 12. The van der Waals surface area contributed by atoms with Crippen LogP contribution < -0.4 is 5.32 Å². The number of hydrogen-bond donors (Lipinski definition) is 2. The number of esters is 1. The number of cyclic esters (lactones) is 1. The lowest BCUT2D eigenvalue weighted by Gasteiger charge is -2.47. The molecule has 0 radical (unpaired) electrons. The van der Waals surface area contributed by atoms with Crippen LogP contribution in [0, 0.1) is 23.7 Å². The molecule has 3 aliphatic rings. The van der Waals surface area contributed by atoms with Gasteiger partial charge in [-0.15, -0.1) is 0 Å². The summed E-state index contributed by atoms with van der Waals surface area (Å²) in [6, 6.07) is 9.71. The maximum Gasteiger partial charge on any atom is 0.351 e. The van der Waals surface area contributed by atoms with Crippen molar-refractivity contribution in [2.75, 3.05) is 40.4 Å². The molecule has 0 amide bonds. The number of aliphatic hydroxyl groups is 1. The van der Waals surface area contributed by atoms with Crippen LogP contribution in [0.1, 0.15) is 80.2 Å². The van der Waals surface area contributed by atoms with Crippen molar-refractivity contribution >= 4 is 28.4 Å². The van der Waals surface area contributed by atoms with Gasteiger partial charge >= 0.3 is 5.97 Å². The van der Waals surface area contributed by atoms with Crippen LogP contribution in [0.25, 0.3) is 10.9 Å². The molecule has 2 aromatic rings. The molecule has 1 aromatic carbocycles. The van der Waals surface area contributed by atoms with E-state index < -0.39 is 76.9 Å². The van der Waals surface area contributed by atoms with E-state index >= 15 is 4.39 Å². The minimum Gasteiger partial charge on any atom is -0.457 e. The van der Waals surface area contributed by atoms with Gasteiger partial charge in [-0.1, -0.05) is 52.5 Å². The summed E-state index contributed by atoms with van der Waals surface area (Å²) in [7, 11) is 3.70. The van der Waals surface area contributed by atoms with E-state index in [0.29, 0.717) is 25.1 Å². The third kappa shape index (κ3) is 9.56. The first-order valence-corrected chi connectivity index (χ1v) is 20.9. The number of Topliss-reactive ketones (excluding diaryl/α,β-unsaturated/α-hetero) is 2. The number of rotatable bonds is 11. The monoisotopic (exact) mass is 811 g/mol. The van der Waals surface area contributed by atoms with E-state index in [-0.39, 0.29) is 44.0 Å². The van der Waals surface area contributed by atoms with Crippen LogP contribution in [0.2, 0.25) is 0 Å². The number of nitrogens with zero attached hydrogens (tertiary/aromatic N) is 2. The molecule has 1 aromatic heterocycles. The van der Waals surface area contributed by atoms with Gasteiger partial charge in [0.05, 0.1) is 36.5 Å². The van der Waals surface area contributed by atoms with Crippen molar-refractivity contribution in [2.45, 2.75) is 135 Å². The summed E-state index contributed by atoms with van der Waals surface area (Å²) in [6.45, 7) is 18.7. The highest BCUT2D eigenvalue weighted by atomic mass is 19.1. The molecule has 7 unspecified atom stereocenters. The Balaban J connectivity index is 1.48. The lowest BCUT2D eigenvalue weighted by atomic mass is 9.69. The Morgan fingerprint density at radius 2 is 1.78 bits per heavy atom. The predicted octanol–water partition coefficient (Wildman–Crippen LogP) is 5.41. The number of ketones is 2. The molecular formula is C45H66FN3O9. The quantitative estimate of drug-likeness (QED) is 0.130. The molecule has 2 N–H and O–H groups in total. The second kappa shape index (κ2) is 18.6. The minimum atomic E-state index is -3.10. The topological polar surface area (TPSA) is 146 Å². The number of alkyl halides is 1. The van der Waals surface area contributed by atoms with E-state index in [0.717, 1.165) is 29.8 Å². The second-order valence-electron chi connectivity index (χ2n) is 17.7.